The van der Waals surface area contributed by atoms with E-state index < -0.39 is 0 Å². The fourth-order valence-corrected chi connectivity index (χ4v) is 1.82. The summed E-state index contributed by atoms with van der Waals surface area (Å²) in [5, 5.41) is 0. The first kappa shape index (κ1) is 9.96. The van der Waals surface area contributed by atoms with E-state index in [1.165, 1.54) is 0 Å². The molecule has 2 heterocycles. The van der Waals surface area contributed by atoms with Gasteiger partial charge >= 0.3 is 0 Å². The fraction of sp³-hybridized carbons (Fsp3) is 0.154. The normalized spacial score (nSPS) is 14.5. The SMILES string of the molecule is O=C(C1=CCCO1)c1ccc2nccnc2c1. The van der Waals surface area contributed by atoms with Crippen molar-refractivity contribution in [2.75, 3.05) is 6.61 Å². The van der Waals surface area contributed by atoms with E-state index in [0.29, 0.717) is 17.9 Å². The molecule has 0 N–H and O–H groups in total. The Bertz CT molecular complexity index is 620. The van der Waals surface area contributed by atoms with Crippen molar-refractivity contribution in [1.29, 1.82) is 0 Å². The van der Waals surface area contributed by atoms with Gasteiger partial charge in [-0.25, -0.2) is 0 Å². The molecule has 0 atom stereocenters. The van der Waals surface area contributed by atoms with Crippen LogP contribution in [0.1, 0.15) is 16.8 Å². The van der Waals surface area contributed by atoms with E-state index >= 15 is 0 Å². The maximum absolute atomic E-state index is 12.0. The van der Waals surface area contributed by atoms with Crippen molar-refractivity contribution in [3.8, 4) is 0 Å². The van der Waals surface area contributed by atoms with E-state index in [-0.39, 0.29) is 5.78 Å². The van der Waals surface area contributed by atoms with Gasteiger partial charge in [-0.2, -0.15) is 0 Å². The molecule has 4 heteroatoms. The minimum absolute atomic E-state index is 0.0879. The highest BCUT2D eigenvalue weighted by atomic mass is 16.5. The minimum atomic E-state index is -0.0879. The summed E-state index contributed by atoms with van der Waals surface area (Å²) in [4.78, 5) is 20.4. The lowest BCUT2D eigenvalue weighted by Gasteiger charge is -2.03. The van der Waals surface area contributed by atoms with Crippen molar-refractivity contribution in [1.82, 2.24) is 9.97 Å². The van der Waals surface area contributed by atoms with Crippen LogP contribution in [0.25, 0.3) is 11.0 Å². The Balaban J connectivity index is 2.03. The van der Waals surface area contributed by atoms with E-state index in [4.69, 9.17) is 4.74 Å². The highest BCUT2D eigenvalue weighted by Crippen LogP contribution is 2.18. The molecule has 0 saturated carbocycles. The number of ketones is 1. The molecule has 0 unspecified atom stereocenters. The van der Waals surface area contributed by atoms with E-state index in [1.54, 1.807) is 30.6 Å². The highest BCUT2D eigenvalue weighted by molar-refractivity contribution is 6.08. The first-order valence-electron chi connectivity index (χ1n) is 5.43. The molecular formula is C13H10N2O2. The van der Waals surface area contributed by atoms with Crippen LogP contribution in [0, 0.1) is 0 Å². The second-order valence-corrected chi connectivity index (χ2v) is 3.79. The van der Waals surface area contributed by atoms with Gasteiger partial charge in [0.1, 0.15) is 0 Å². The molecule has 84 valence electrons. The summed E-state index contributed by atoms with van der Waals surface area (Å²) in [6.45, 7) is 0.592. The predicted molar refractivity (Wildman–Crippen MR) is 62.5 cm³/mol. The molecule has 2 aromatic rings. The summed E-state index contributed by atoms with van der Waals surface area (Å²) in [5.41, 5.74) is 2.09. The topological polar surface area (TPSA) is 52.1 Å². The number of carbonyl (C=O) groups is 1. The quantitative estimate of drug-likeness (QED) is 0.736. The molecule has 0 bridgehead atoms. The highest BCUT2D eigenvalue weighted by Gasteiger charge is 2.17. The first-order valence-corrected chi connectivity index (χ1v) is 5.43. The Kier molecular flexibility index (Phi) is 2.33. The summed E-state index contributed by atoms with van der Waals surface area (Å²) >= 11 is 0. The van der Waals surface area contributed by atoms with Crippen molar-refractivity contribution in [2.45, 2.75) is 6.42 Å². The summed E-state index contributed by atoms with van der Waals surface area (Å²) in [5.74, 6) is 0.350. The Morgan fingerprint density at radius 1 is 1.18 bits per heavy atom. The van der Waals surface area contributed by atoms with Crippen LogP contribution in [0.5, 0.6) is 0 Å². The fourth-order valence-electron chi connectivity index (χ4n) is 1.82. The zero-order valence-corrected chi connectivity index (χ0v) is 9.09. The van der Waals surface area contributed by atoms with Gasteiger partial charge in [-0.1, -0.05) is 0 Å². The third kappa shape index (κ3) is 1.78. The summed E-state index contributed by atoms with van der Waals surface area (Å²) in [6.07, 6.45) is 5.87. The average molecular weight is 226 g/mol. The van der Waals surface area contributed by atoms with E-state index in [1.807, 2.05) is 6.08 Å². The number of aromatic nitrogens is 2. The average Bonchev–Trinajstić information content (AvgIpc) is 2.91. The number of allylic oxidation sites excluding steroid dienone is 1. The van der Waals surface area contributed by atoms with Gasteiger partial charge in [0, 0.05) is 24.4 Å². The molecule has 0 radical (unpaired) electrons. The van der Waals surface area contributed by atoms with Gasteiger partial charge in [-0.05, 0) is 24.3 Å². The third-order valence-electron chi connectivity index (χ3n) is 2.66. The first-order chi connectivity index (χ1) is 8.34. The molecular weight excluding hydrogens is 216 g/mol. The van der Waals surface area contributed by atoms with Gasteiger partial charge in [0.25, 0.3) is 0 Å². The molecule has 1 aromatic carbocycles. The van der Waals surface area contributed by atoms with E-state index in [2.05, 4.69) is 9.97 Å². The predicted octanol–water partition coefficient (Wildman–Crippen LogP) is 2.12. The summed E-state index contributed by atoms with van der Waals surface area (Å²) in [7, 11) is 0. The van der Waals surface area contributed by atoms with Crippen LogP contribution in [-0.2, 0) is 4.74 Å². The standard InChI is InChI=1S/C13H10N2O2/c16-13(12-2-1-7-17-12)9-3-4-10-11(8-9)15-6-5-14-10/h2-6,8H,1,7H2. The largest absolute Gasteiger partial charge is 0.489 e. The van der Waals surface area contributed by atoms with Crippen LogP contribution in [0.2, 0.25) is 0 Å². The van der Waals surface area contributed by atoms with Gasteiger partial charge in [-0.3, -0.25) is 14.8 Å². The number of Topliss-reactive ketones (excluding diaryl/α,β-unsaturated/α-hetero) is 1. The molecule has 3 rings (SSSR count). The van der Waals surface area contributed by atoms with Gasteiger partial charge < -0.3 is 4.74 Å². The second-order valence-electron chi connectivity index (χ2n) is 3.79. The molecule has 1 aliphatic heterocycles. The summed E-state index contributed by atoms with van der Waals surface area (Å²) < 4.78 is 5.26. The number of benzene rings is 1. The zero-order valence-electron chi connectivity index (χ0n) is 9.09. The Morgan fingerprint density at radius 3 is 2.76 bits per heavy atom. The van der Waals surface area contributed by atoms with Gasteiger partial charge in [0.05, 0.1) is 17.6 Å². The van der Waals surface area contributed by atoms with Crippen molar-refractivity contribution < 1.29 is 9.53 Å². The molecule has 17 heavy (non-hydrogen) atoms. The number of nitrogens with zero attached hydrogens (tertiary/aromatic N) is 2. The van der Waals surface area contributed by atoms with Gasteiger partial charge in [-0.15, -0.1) is 0 Å². The van der Waals surface area contributed by atoms with Crippen molar-refractivity contribution in [2.24, 2.45) is 0 Å². The molecule has 4 nitrogen and oxygen atoms in total. The molecule has 1 aromatic heterocycles. The second kappa shape index (κ2) is 3.97. The molecule has 0 saturated heterocycles. The summed E-state index contributed by atoms with van der Waals surface area (Å²) in [6, 6.07) is 5.29. The number of ether oxygens (including phenoxy) is 1. The number of fused-ring (bicyclic) bond motifs is 1. The Labute approximate surface area is 98.0 Å². The smallest absolute Gasteiger partial charge is 0.227 e. The van der Waals surface area contributed by atoms with Crippen molar-refractivity contribution >= 4 is 16.8 Å². The lowest BCUT2D eigenvalue weighted by molar-refractivity contribution is 0.0942. The van der Waals surface area contributed by atoms with Crippen LogP contribution in [-0.4, -0.2) is 22.4 Å². The Hall–Kier alpha value is -2.23. The molecule has 0 spiro atoms. The minimum Gasteiger partial charge on any atom is -0.489 e. The lowest BCUT2D eigenvalue weighted by Crippen LogP contribution is -2.04. The molecule has 1 aliphatic rings. The van der Waals surface area contributed by atoms with E-state index in [0.717, 1.165) is 17.5 Å². The van der Waals surface area contributed by atoms with Crippen LogP contribution >= 0.6 is 0 Å². The molecule has 0 aliphatic carbocycles. The maximum Gasteiger partial charge on any atom is 0.227 e. The molecule has 0 amide bonds. The van der Waals surface area contributed by atoms with Crippen LogP contribution < -0.4 is 0 Å². The van der Waals surface area contributed by atoms with Crippen LogP contribution in [0.15, 0.2) is 42.4 Å². The zero-order chi connectivity index (χ0) is 11.7. The Morgan fingerprint density at radius 2 is 2.00 bits per heavy atom. The van der Waals surface area contributed by atoms with Crippen LogP contribution in [0.4, 0.5) is 0 Å². The third-order valence-corrected chi connectivity index (χ3v) is 2.66. The number of carbonyl (C=O) groups excluding carboxylic acids is 1. The maximum atomic E-state index is 12.0. The number of hydrogen-bond donors (Lipinski definition) is 0. The van der Waals surface area contributed by atoms with Gasteiger partial charge in [0.15, 0.2) is 5.76 Å². The lowest BCUT2D eigenvalue weighted by atomic mass is 10.1. The molecule has 0 fully saturated rings. The van der Waals surface area contributed by atoms with E-state index in [9.17, 15) is 4.79 Å². The number of hydrogen-bond acceptors (Lipinski definition) is 4. The monoisotopic (exact) mass is 226 g/mol. The van der Waals surface area contributed by atoms with Crippen molar-refractivity contribution in [3.05, 3.63) is 48.0 Å². The van der Waals surface area contributed by atoms with Crippen molar-refractivity contribution in [3.63, 3.8) is 0 Å². The van der Waals surface area contributed by atoms with Crippen LogP contribution in [0.3, 0.4) is 0 Å². The number of rotatable bonds is 2. The van der Waals surface area contributed by atoms with Gasteiger partial charge in [0.2, 0.25) is 5.78 Å².